The second-order valence-electron chi connectivity index (χ2n) is 23.3. The highest BCUT2D eigenvalue weighted by atomic mass is 16.5. The van der Waals surface area contributed by atoms with E-state index in [1.807, 2.05) is 72.8 Å². The molecule has 15 atom stereocenters. The monoisotopic (exact) mass is 1040 g/mol. The molecule has 9 saturated heterocycles. The molecule has 3 unspecified atom stereocenters. The fourth-order valence-electron chi connectivity index (χ4n) is 14.8. The summed E-state index contributed by atoms with van der Waals surface area (Å²) in [5, 5.41) is 38.7. The van der Waals surface area contributed by atoms with Crippen molar-refractivity contribution in [1.29, 1.82) is 0 Å². The molecule has 7 aromatic rings. The van der Waals surface area contributed by atoms with Gasteiger partial charge in [-0.05, 0) is 218 Å². The lowest BCUT2D eigenvalue weighted by Crippen LogP contribution is -2.54. The molecular weight excluding hydrogens is 973 g/mol. The van der Waals surface area contributed by atoms with E-state index in [-0.39, 0.29) is 37.9 Å². The van der Waals surface area contributed by atoms with Crippen molar-refractivity contribution in [2.24, 2.45) is 35.5 Å². The summed E-state index contributed by atoms with van der Waals surface area (Å²) in [7, 11) is 0. The SMILES string of the molecule is C=C[C@H]1CN2CC[C@H]1C[C@@H]2[C@@H](O)c1ccnc2ccc(OCc3cc(COc4ccc5nccc([C@H](O)[C@H]6C[C@@H]7CCN6C[C@@H]7C=C)c5c4)cc(COc4ccc5nccc([C@H](O)[C@H]6C[C@@H]7CCN6C[C@@H]7C=C)c5c4)c3)cc12. The molecule has 9 aliphatic rings. The van der Waals surface area contributed by atoms with Crippen molar-refractivity contribution in [3.8, 4) is 17.2 Å². The molecule has 12 heterocycles. The number of hydrogen-bond acceptors (Lipinski definition) is 12. The highest BCUT2D eigenvalue weighted by molar-refractivity contribution is 5.85. The predicted molar refractivity (Wildman–Crippen MR) is 305 cm³/mol. The van der Waals surface area contributed by atoms with Crippen LogP contribution in [-0.4, -0.2) is 102 Å². The Morgan fingerprint density at radius 2 is 0.756 bits per heavy atom. The van der Waals surface area contributed by atoms with Gasteiger partial charge in [-0.1, -0.05) is 18.2 Å². The summed E-state index contributed by atoms with van der Waals surface area (Å²) in [6.45, 7) is 18.9. The Bertz CT molecular complexity index is 3020. The van der Waals surface area contributed by atoms with Crippen LogP contribution in [0.3, 0.4) is 0 Å². The van der Waals surface area contributed by atoms with Gasteiger partial charge in [-0.15, -0.1) is 19.7 Å². The fourth-order valence-corrected chi connectivity index (χ4v) is 14.8. The molecule has 12 nitrogen and oxygen atoms in total. The number of nitrogens with zero attached hydrogens (tertiary/aromatic N) is 6. The highest BCUT2D eigenvalue weighted by Crippen LogP contribution is 2.46. The van der Waals surface area contributed by atoms with Gasteiger partial charge in [-0.25, -0.2) is 0 Å². The van der Waals surface area contributed by atoms with Crippen LogP contribution in [0.25, 0.3) is 32.7 Å². The minimum Gasteiger partial charge on any atom is -0.489 e. The van der Waals surface area contributed by atoms with E-state index in [4.69, 9.17) is 14.2 Å². The zero-order chi connectivity index (χ0) is 53.0. The predicted octanol–water partition coefficient (Wildman–Crippen LogP) is 10.9. The molecule has 0 amide bonds. The number of aliphatic hydroxyl groups is 3. The Morgan fingerprint density at radius 1 is 0.449 bits per heavy atom. The Kier molecular flexibility index (Phi) is 14.1. The van der Waals surface area contributed by atoms with Gasteiger partial charge in [0.15, 0.2) is 0 Å². The number of aliphatic hydroxyl groups excluding tert-OH is 3. The molecule has 78 heavy (non-hydrogen) atoms. The van der Waals surface area contributed by atoms with E-state index in [9.17, 15) is 15.3 Å². The molecule has 12 heteroatoms. The van der Waals surface area contributed by atoms with Gasteiger partial charge in [0.1, 0.15) is 37.1 Å². The van der Waals surface area contributed by atoms with Crippen molar-refractivity contribution in [3.05, 3.63) is 181 Å². The topological polar surface area (TPSA) is 137 Å². The zero-order valence-corrected chi connectivity index (χ0v) is 44.5. The molecule has 3 aromatic heterocycles. The summed E-state index contributed by atoms with van der Waals surface area (Å²) in [5.41, 5.74) is 7.88. The van der Waals surface area contributed by atoms with Crippen LogP contribution in [-0.2, 0) is 19.8 Å². The Balaban J connectivity index is 0.763. The van der Waals surface area contributed by atoms with Gasteiger partial charge in [0, 0.05) is 72.5 Å². The van der Waals surface area contributed by atoms with E-state index in [0.29, 0.717) is 52.8 Å². The Morgan fingerprint density at radius 3 is 1.03 bits per heavy atom. The van der Waals surface area contributed by atoms with Crippen LogP contribution in [0.2, 0.25) is 0 Å². The Hall–Kier alpha value is -6.51. The molecule has 9 fully saturated rings. The summed E-state index contributed by atoms with van der Waals surface area (Å²) in [6, 6.07) is 30.2. The minimum atomic E-state index is -0.657. The van der Waals surface area contributed by atoms with Crippen LogP contribution >= 0.6 is 0 Å². The minimum absolute atomic E-state index is 0.0435. The molecule has 9 aliphatic heterocycles. The smallest absolute Gasteiger partial charge is 0.120 e. The first-order valence-corrected chi connectivity index (χ1v) is 28.5. The molecule has 16 rings (SSSR count). The van der Waals surface area contributed by atoms with Crippen molar-refractivity contribution < 1.29 is 29.5 Å². The van der Waals surface area contributed by atoms with E-state index < -0.39 is 18.3 Å². The van der Waals surface area contributed by atoms with Crippen LogP contribution < -0.4 is 14.2 Å². The lowest BCUT2D eigenvalue weighted by molar-refractivity contribution is -0.0445. The quantitative estimate of drug-likeness (QED) is 0.0706. The van der Waals surface area contributed by atoms with Gasteiger partial charge in [0.2, 0.25) is 0 Å². The maximum Gasteiger partial charge on any atom is 0.120 e. The van der Waals surface area contributed by atoms with Crippen molar-refractivity contribution in [1.82, 2.24) is 29.7 Å². The van der Waals surface area contributed by atoms with Gasteiger partial charge in [-0.3, -0.25) is 29.7 Å². The normalized spacial score (nSPS) is 29.3. The van der Waals surface area contributed by atoms with Crippen molar-refractivity contribution in [2.45, 2.75) is 94.8 Å². The lowest BCUT2D eigenvalue weighted by atomic mass is 9.73. The van der Waals surface area contributed by atoms with Crippen molar-refractivity contribution >= 4 is 32.7 Å². The number of ether oxygens (including phenoxy) is 3. The maximum absolute atomic E-state index is 12.0. The van der Waals surface area contributed by atoms with E-state index in [0.717, 1.165) is 144 Å². The van der Waals surface area contributed by atoms with Gasteiger partial charge >= 0.3 is 0 Å². The molecule has 0 radical (unpaired) electrons. The molecule has 3 N–H and O–H groups in total. The number of piperidine rings is 9. The zero-order valence-electron chi connectivity index (χ0n) is 44.5. The van der Waals surface area contributed by atoms with Crippen LogP contribution in [0.4, 0.5) is 0 Å². The molecule has 402 valence electrons. The maximum atomic E-state index is 12.0. The number of benzene rings is 4. The van der Waals surface area contributed by atoms with E-state index in [1.165, 1.54) is 0 Å². The third-order valence-electron chi connectivity index (χ3n) is 19.1. The summed E-state index contributed by atoms with van der Waals surface area (Å²) in [5.74, 6) is 5.09. The van der Waals surface area contributed by atoms with E-state index in [2.05, 4.69) is 85.8 Å². The summed E-state index contributed by atoms with van der Waals surface area (Å²) < 4.78 is 19.9. The number of pyridine rings is 3. The summed E-state index contributed by atoms with van der Waals surface area (Å²) in [6.07, 6.45) is 16.0. The van der Waals surface area contributed by atoms with Crippen LogP contribution in [0, 0.1) is 35.5 Å². The van der Waals surface area contributed by atoms with Gasteiger partial charge < -0.3 is 29.5 Å². The fraction of sp³-hybridized carbons (Fsp3) is 0.409. The Labute approximate surface area is 457 Å². The molecule has 0 aliphatic carbocycles. The molecule has 6 bridgehead atoms. The second-order valence-corrected chi connectivity index (χ2v) is 23.3. The largest absolute Gasteiger partial charge is 0.489 e. The van der Waals surface area contributed by atoms with Crippen molar-refractivity contribution in [2.75, 3.05) is 39.3 Å². The average Bonchev–Trinajstić information content (AvgIpc) is 3.62. The standard InChI is InChI=1S/C66H72N6O6/c1-4-43-34-70-22-16-46(43)28-61(70)64(73)52-13-19-67-58-10-7-49(31-55(52)58)76-37-40-25-41(38-77-50-8-11-59-56(32-50)53(14-20-68-59)65(74)62-29-47-17-23-71(62)35-44(47)5-2)27-42(26-40)39-78-51-9-12-60-57(33-51)54(15-21-69-60)66(75)63-30-48-18-24-72(63)36-45(48)6-3/h4-15,19-21,25-27,31-33,43-48,61-66,73-75H,1-3,16-18,22-24,28-30,34-39H2/t43-,44-,45-,46-,47-,48-,61+,62+,63+,64-,65-,66-/m0/s1. The first kappa shape index (κ1) is 51.0. The number of fused-ring (bicyclic) bond motifs is 12. The van der Waals surface area contributed by atoms with Gasteiger partial charge in [-0.2, -0.15) is 0 Å². The first-order valence-electron chi connectivity index (χ1n) is 28.5. The van der Waals surface area contributed by atoms with Crippen molar-refractivity contribution in [3.63, 3.8) is 0 Å². The number of hydrogen-bond donors (Lipinski definition) is 3. The lowest BCUT2D eigenvalue weighted by Gasteiger charge is -2.50. The number of aromatic nitrogens is 3. The van der Waals surface area contributed by atoms with Crippen LogP contribution in [0.1, 0.15) is 90.2 Å². The third-order valence-corrected chi connectivity index (χ3v) is 19.1. The molecule has 4 aromatic carbocycles. The molecule has 0 spiro atoms. The summed E-state index contributed by atoms with van der Waals surface area (Å²) in [4.78, 5) is 21.4. The molecule has 0 saturated carbocycles. The van der Waals surface area contributed by atoms with E-state index >= 15 is 0 Å². The average molecular weight is 1050 g/mol. The molecular formula is C66H72N6O6. The van der Waals surface area contributed by atoms with Gasteiger partial charge in [0.25, 0.3) is 0 Å². The third kappa shape index (κ3) is 9.79. The number of rotatable bonds is 18. The van der Waals surface area contributed by atoms with Crippen LogP contribution in [0.5, 0.6) is 17.2 Å². The second kappa shape index (κ2) is 21.6. The highest BCUT2D eigenvalue weighted by Gasteiger charge is 2.45. The first-order chi connectivity index (χ1) is 38.2. The summed E-state index contributed by atoms with van der Waals surface area (Å²) >= 11 is 0. The van der Waals surface area contributed by atoms with E-state index in [1.54, 1.807) is 18.6 Å². The van der Waals surface area contributed by atoms with Crippen LogP contribution in [0.15, 0.2) is 148 Å². The van der Waals surface area contributed by atoms with Gasteiger partial charge in [0.05, 0.1) is 34.9 Å².